The van der Waals surface area contributed by atoms with E-state index in [9.17, 15) is 4.39 Å². The van der Waals surface area contributed by atoms with Crippen LogP contribution < -0.4 is 0 Å². The van der Waals surface area contributed by atoms with E-state index < -0.39 is 0 Å². The van der Waals surface area contributed by atoms with Crippen LogP contribution in [0.4, 0.5) is 4.39 Å². The Balaban J connectivity index is 0.000000286. The number of hydrogen-bond donors (Lipinski definition) is 0. The summed E-state index contributed by atoms with van der Waals surface area (Å²) in [6.45, 7) is 22.4. The van der Waals surface area contributed by atoms with Crippen molar-refractivity contribution in [1.82, 2.24) is 14.5 Å². The molecule has 1 radical (unpaired) electrons. The van der Waals surface area contributed by atoms with E-state index in [2.05, 4.69) is 212 Å². The predicted octanol–water partition coefficient (Wildman–Crippen LogP) is 17.9. The Morgan fingerprint density at radius 1 is 0.600 bits per heavy atom. The Kier molecular flexibility index (Phi) is 13.0. The molecule has 0 saturated heterocycles. The molecule has 0 aliphatic heterocycles. The molecule has 0 unspecified atom stereocenters. The Labute approximate surface area is 425 Å². The summed E-state index contributed by atoms with van der Waals surface area (Å²) in [5.74, 6) is 1.10. The topological polar surface area (TPSA) is 43.9 Å². The number of imidazole rings is 1. The second-order valence-corrected chi connectivity index (χ2v) is 21.1. The average molecular weight is 1100 g/mol. The Morgan fingerprint density at radius 2 is 1.27 bits per heavy atom. The molecule has 11 rings (SSSR count). The maximum Gasteiger partial charge on any atom is 0.121 e. The molecule has 0 amide bonds. The number of aromatic nitrogens is 3. The monoisotopic (exact) mass is 1100 g/mol. The van der Waals surface area contributed by atoms with Crippen molar-refractivity contribution in [2.75, 3.05) is 0 Å². The first-order chi connectivity index (χ1) is 33.0. The molecular weight excluding hydrogens is 1040 g/mol. The molecule has 3 aromatic heterocycles. The van der Waals surface area contributed by atoms with E-state index in [0.717, 1.165) is 55.6 Å². The number of halogens is 1. The Morgan fingerprint density at radius 3 is 1.93 bits per heavy atom. The summed E-state index contributed by atoms with van der Waals surface area (Å²) in [5, 5.41) is 7.02. The zero-order valence-corrected chi connectivity index (χ0v) is 44.0. The SMILES string of the molecule is CC(C)(C)c1ccc(-c2[c-]cc(F)cc2)nc1.CC(C)c1cc(-c2ccc(C(C)(C)C)cc2)cc(C(C)C)c1-n1c(-c2[c-]ccc3c2oc2cc4c(ccc5ccccc54)cc23)nc2ccccc21.[Ir]. The van der Waals surface area contributed by atoms with Gasteiger partial charge in [0.25, 0.3) is 0 Å². The smallest absolute Gasteiger partial charge is 0.121 e. The summed E-state index contributed by atoms with van der Waals surface area (Å²) in [7, 11) is 0. The molecule has 3 heterocycles. The van der Waals surface area contributed by atoms with Crippen LogP contribution in [-0.2, 0) is 30.9 Å². The van der Waals surface area contributed by atoms with Gasteiger partial charge in [0.05, 0.1) is 22.4 Å². The largest absolute Gasteiger partial charge is 0.501 e. The van der Waals surface area contributed by atoms with Crippen LogP contribution >= 0.6 is 0 Å². The number of para-hydroxylation sites is 2. The number of benzene rings is 8. The van der Waals surface area contributed by atoms with Crippen LogP contribution in [-0.4, -0.2) is 14.5 Å². The minimum absolute atomic E-state index is 0. The maximum atomic E-state index is 12.8. The van der Waals surface area contributed by atoms with Gasteiger partial charge in [0.1, 0.15) is 5.58 Å². The first kappa shape index (κ1) is 48.3. The first-order valence-electron chi connectivity index (χ1n) is 24.1. The van der Waals surface area contributed by atoms with Crippen molar-refractivity contribution < 1.29 is 28.9 Å². The number of rotatable bonds is 6. The van der Waals surface area contributed by atoms with Crippen molar-refractivity contribution in [3.63, 3.8) is 0 Å². The summed E-state index contributed by atoms with van der Waals surface area (Å²) >= 11 is 0. The van der Waals surface area contributed by atoms with Gasteiger partial charge >= 0.3 is 0 Å². The quantitative estimate of drug-likeness (QED) is 0.123. The second-order valence-electron chi connectivity index (χ2n) is 21.1. The zero-order chi connectivity index (χ0) is 48.4. The molecule has 6 heteroatoms. The molecule has 8 aromatic carbocycles. The van der Waals surface area contributed by atoms with E-state index in [1.165, 1.54) is 72.7 Å². The average Bonchev–Trinajstić information content (AvgIpc) is 3.91. The number of nitrogens with zero attached hydrogens (tertiary/aromatic N) is 3. The van der Waals surface area contributed by atoms with Gasteiger partial charge in [0.15, 0.2) is 0 Å². The van der Waals surface area contributed by atoms with Crippen LogP contribution in [0.15, 0.2) is 162 Å². The number of pyridine rings is 1. The molecule has 353 valence electrons. The number of fused-ring (bicyclic) bond motifs is 7. The van der Waals surface area contributed by atoms with Crippen molar-refractivity contribution in [2.24, 2.45) is 0 Å². The van der Waals surface area contributed by atoms with Gasteiger partial charge in [-0.3, -0.25) is 9.37 Å². The van der Waals surface area contributed by atoms with Gasteiger partial charge in [-0.2, -0.15) is 0 Å². The molecule has 0 bridgehead atoms. The molecule has 0 spiro atoms. The summed E-state index contributed by atoms with van der Waals surface area (Å²) in [6, 6.07) is 59.0. The van der Waals surface area contributed by atoms with Crippen molar-refractivity contribution in [3.8, 4) is 39.5 Å². The van der Waals surface area contributed by atoms with Gasteiger partial charge in [-0.15, -0.1) is 48.0 Å². The molecule has 70 heavy (non-hydrogen) atoms. The zero-order valence-electron chi connectivity index (χ0n) is 41.6. The molecule has 0 N–H and O–H groups in total. The molecule has 0 fully saturated rings. The van der Waals surface area contributed by atoms with Crippen LogP contribution in [0.5, 0.6) is 0 Å². The fraction of sp³-hybridized carbons (Fsp3) is 0.219. The minimum atomic E-state index is -0.278. The third-order valence-corrected chi connectivity index (χ3v) is 13.5. The number of hydrogen-bond acceptors (Lipinski definition) is 3. The molecule has 0 aliphatic carbocycles. The number of furan rings is 1. The van der Waals surface area contributed by atoms with Crippen LogP contribution in [0.2, 0.25) is 0 Å². The molecule has 0 saturated carbocycles. The second kappa shape index (κ2) is 18.9. The van der Waals surface area contributed by atoms with Gasteiger partial charge in [-0.05, 0) is 120 Å². The predicted molar refractivity (Wildman–Crippen MR) is 287 cm³/mol. The van der Waals surface area contributed by atoms with E-state index in [1.54, 1.807) is 6.07 Å². The van der Waals surface area contributed by atoms with Gasteiger partial charge in [-0.25, -0.2) is 0 Å². The van der Waals surface area contributed by atoms with E-state index in [1.807, 2.05) is 18.3 Å². The normalized spacial score (nSPS) is 12.1. The summed E-state index contributed by atoms with van der Waals surface area (Å²) in [4.78, 5) is 9.75. The molecular formula is C64H58FIrN3O-2. The minimum Gasteiger partial charge on any atom is -0.501 e. The van der Waals surface area contributed by atoms with Crippen molar-refractivity contribution >= 4 is 54.5 Å². The van der Waals surface area contributed by atoms with Crippen molar-refractivity contribution in [1.29, 1.82) is 0 Å². The summed E-state index contributed by atoms with van der Waals surface area (Å²) in [6.07, 6.45) is 1.87. The van der Waals surface area contributed by atoms with Crippen molar-refractivity contribution in [3.05, 3.63) is 198 Å². The van der Waals surface area contributed by atoms with Gasteiger partial charge < -0.3 is 14.0 Å². The van der Waals surface area contributed by atoms with Crippen molar-refractivity contribution in [2.45, 2.75) is 91.9 Å². The Hall–Kier alpha value is -6.72. The summed E-state index contributed by atoms with van der Waals surface area (Å²) < 4.78 is 22.0. The van der Waals surface area contributed by atoms with Gasteiger partial charge in [0, 0.05) is 43.2 Å². The van der Waals surface area contributed by atoms with E-state index in [0.29, 0.717) is 0 Å². The fourth-order valence-corrected chi connectivity index (χ4v) is 9.54. The first-order valence-corrected chi connectivity index (χ1v) is 24.1. The van der Waals surface area contributed by atoms with Crippen LogP contribution in [0, 0.1) is 17.9 Å². The third kappa shape index (κ3) is 9.12. The molecule has 0 aliphatic rings. The summed E-state index contributed by atoms with van der Waals surface area (Å²) in [5.41, 5.74) is 15.2. The van der Waals surface area contributed by atoms with E-state index in [4.69, 9.17) is 9.40 Å². The molecule has 11 aromatic rings. The third-order valence-electron chi connectivity index (χ3n) is 13.5. The van der Waals surface area contributed by atoms with Crippen LogP contribution in [0.1, 0.15) is 103 Å². The maximum absolute atomic E-state index is 12.8. The van der Waals surface area contributed by atoms with Gasteiger partial charge in [0.2, 0.25) is 0 Å². The van der Waals surface area contributed by atoms with Crippen LogP contribution in [0.25, 0.3) is 94.0 Å². The molecule has 4 nitrogen and oxygen atoms in total. The fourth-order valence-electron chi connectivity index (χ4n) is 9.54. The Bertz CT molecular complexity index is 3650. The van der Waals surface area contributed by atoms with E-state index in [-0.39, 0.29) is 48.6 Å². The molecule has 0 atom stereocenters. The standard InChI is InChI=1S/C49H43N2O.C15H15FN.Ir/c1-29(2)39-26-34(31-21-23-35(24-22-31)49(5,6)7)27-40(30(3)4)46(39)51-44-18-11-10-17-43(44)50-48(51)38-16-12-15-37-42-25-33-20-19-32-13-8-9-14-36(32)41(33)28-45(42)52-47(37)38;1-15(2,3)12-6-9-14(17-10-12)11-4-7-13(16)8-5-11;/h8-15,17-30H,1-7H3;4,6-10H,1-3H3;/q2*-1;. The van der Waals surface area contributed by atoms with Gasteiger partial charge in [-0.1, -0.05) is 165 Å². The van der Waals surface area contributed by atoms with E-state index >= 15 is 0 Å². The van der Waals surface area contributed by atoms with Crippen LogP contribution in [0.3, 0.4) is 0 Å².